The van der Waals surface area contributed by atoms with Gasteiger partial charge in [-0.05, 0) is 62.7 Å². The summed E-state index contributed by atoms with van der Waals surface area (Å²) in [5.74, 6) is 0.789. The molecule has 25 heavy (non-hydrogen) atoms. The van der Waals surface area contributed by atoms with E-state index in [0.29, 0.717) is 11.8 Å². The normalized spacial score (nSPS) is 45.0. The summed E-state index contributed by atoms with van der Waals surface area (Å²) in [5.41, 5.74) is 0.855. The molecule has 3 rings (SSSR count). The highest BCUT2D eigenvalue weighted by Crippen LogP contribution is 2.64. The molecule has 0 spiro atoms. The van der Waals surface area contributed by atoms with Gasteiger partial charge < -0.3 is 14.9 Å². The fourth-order valence-electron chi connectivity index (χ4n) is 6.47. The molecule has 0 radical (unpaired) electrons. The predicted molar refractivity (Wildman–Crippen MR) is 96.8 cm³/mol. The summed E-state index contributed by atoms with van der Waals surface area (Å²) in [6.45, 7) is 6.36. The Balaban J connectivity index is 1.94. The Morgan fingerprint density at radius 3 is 2.64 bits per heavy atom. The van der Waals surface area contributed by atoms with E-state index in [2.05, 4.69) is 26.8 Å². The van der Waals surface area contributed by atoms with Crippen molar-refractivity contribution in [3.63, 3.8) is 0 Å². The van der Waals surface area contributed by atoms with E-state index in [1.165, 1.54) is 12.7 Å². The van der Waals surface area contributed by atoms with Gasteiger partial charge in [0.2, 0.25) is 0 Å². The number of carbonyl (C=O) groups is 1. The van der Waals surface area contributed by atoms with Crippen LogP contribution >= 0.6 is 0 Å². The molecule has 0 heterocycles. The van der Waals surface area contributed by atoms with Gasteiger partial charge in [0.1, 0.15) is 0 Å². The van der Waals surface area contributed by atoms with E-state index in [-0.39, 0.29) is 28.8 Å². The number of aliphatic hydroxyl groups excluding tert-OH is 2. The van der Waals surface area contributed by atoms with E-state index in [0.717, 1.165) is 44.9 Å². The molecule has 2 fully saturated rings. The fourth-order valence-corrected chi connectivity index (χ4v) is 6.47. The molecule has 3 aliphatic rings. The van der Waals surface area contributed by atoms with Gasteiger partial charge in [0.15, 0.2) is 0 Å². The molecule has 0 aromatic heterocycles. The van der Waals surface area contributed by atoms with Crippen molar-refractivity contribution in [2.24, 2.45) is 28.1 Å². The highest BCUT2D eigenvalue weighted by Gasteiger charge is 2.59. The molecule has 2 N–H and O–H groups in total. The second kappa shape index (κ2) is 6.38. The van der Waals surface area contributed by atoms with Gasteiger partial charge in [-0.1, -0.05) is 31.9 Å². The number of rotatable bonds is 3. The number of methoxy groups -OCH3 is 1. The zero-order chi connectivity index (χ0) is 18.5. The van der Waals surface area contributed by atoms with Crippen LogP contribution in [0.25, 0.3) is 0 Å². The van der Waals surface area contributed by atoms with Crippen LogP contribution in [0.5, 0.6) is 0 Å². The number of esters is 1. The maximum Gasteiger partial charge on any atom is 0.311 e. The van der Waals surface area contributed by atoms with Gasteiger partial charge in [-0.3, -0.25) is 4.79 Å². The number of hydrogen-bond acceptors (Lipinski definition) is 4. The third-order valence-corrected chi connectivity index (χ3v) is 8.01. The lowest BCUT2D eigenvalue weighted by Gasteiger charge is -2.59. The van der Waals surface area contributed by atoms with Crippen LogP contribution in [0.2, 0.25) is 0 Å². The predicted octanol–water partition coefficient (Wildman–Crippen LogP) is 3.46. The summed E-state index contributed by atoms with van der Waals surface area (Å²) < 4.78 is 5.19. The van der Waals surface area contributed by atoms with E-state index >= 15 is 0 Å². The number of carbonyl (C=O) groups excluding carboxylic acids is 1. The molecule has 0 aliphatic heterocycles. The van der Waals surface area contributed by atoms with E-state index in [4.69, 9.17) is 4.74 Å². The van der Waals surface area contributed by atoms with Crippen molar-refractivity contribution in [1.29, 1.82) is 0 Å². The molecule has 2 saturated carbocycles. The number of aliphatic hydroxyl groups is 2. The van der Waals surface area contributed by atoms with Gasteiger partial charge in [0.05, 0.1) is 25.2 Å². The molecule has 4 heteroatoms. The van der Waals surface area contributed by atoms with Gasteiger partial charge in [-0.15, -0.1) is 0 Å². The Hall–Kier alpha value is -0.870. The molecule has 142 valence electrons. The molecule has 0 bridgehead atoms. The lowest BCUT2D eigenvalue weighted by atomic mass is 9.45. The Kier molecular flexibility index (Phi) is 4.83. The number of fused-ring (bicyclic) bond motifs is 3. The fraction of sp³-hybridized carbons (Fsp3) is 0.857. The summed E-state index contributed by atoms with van der Waals surface area (Å²) in [6, 6.07) is 0. The molecule has 3 aliphatic carbocycles. The lowest BCUT2D eigenvalue weighted by molar-refractivity contribution is -0.168. The standard InChI is InChI=1S/C21H34O4/c1-19(17(23)13-22)11-8-15-14(12-19)6-7-16-20(15,2)9-5-10-21(16,3)18(24)25-4/h12,15-17,22-23H,5-11,13H2,1-4H3/t15-,16+,17+,19-,20+,21+/m0/s1. The van der Waals surface area contributed by atoms with Crippen LogP contribution < -0.4 is 0 Å². The largest absolute Gasteiger partial charge is 0.469 e. The summed E-state index contributed by atoms with van der Waals surface area (Å²) in [4.78, 5) is 12.6. The maximum absolute atomic E-state index is 12.6. The molecule has 0 saturated heterocycles. The first-order valence-corrected chi connectivity index (χ1v) is 9.80. The zero-order valence-electron chi connectivity index (χ0n) is 16.2. The topological polar surface area (TPSA) is 66.8 Å². The average molecular weight is 350 g/mol. The number of allylic oxidation sites excluding steroid dienone is 1. The quantitative estimate of drug-likeness (QED) is 0.604. The van der Waals surface area contributed by atoms with Gasteiger partial charge in [0, 0.05) is 5.41 Å². The van der Waals surface area contributed by atoms with E-state index < -0.39 is 6.10 Å². The van der Waals surface area contributed by atoms with Crippen LogP contribution in [0.1, 0.15) is 65.7 Å². The van der Waals surface area contributed by atoms with E-state index in [9.17, 15) is 15.0 Å². The van der Waals surface area contributed by atoms with Crippen LogP contribution in [0.15, 0.2) is 11.6 Å². The lowest BCUT2D eigenvalue weighted by Crippen LogP contribution is -2.54. The third-order valence-electron chi connectivity index (χ3n) is 8.01. The van der Waals surface area contributed by atoms with Crippen molar-refractivity contribution in [2.75, 3.05) is 13.7 Å². The number of ether oxygens (including phenoxy) is 1. The minimum Gasteiger partial charge on any atom is -0.469 e. The van der Waals surface area contributed by atoms with Gasteiger partial charge in [0.25, 0.3) is 0 Å². The molecule has 6 atom stereocenters. The first-order valence-electron chi connectivity index (χ1n) is 9.80. The average Bonchev–Trinajstić information content (AvgIpc) is 2.59. The van der Waals surface area contributed by atoms with Crippen molar-refractivity contribution < 1.29 is 19.7 Å². The summed E-state index contributed by atoms with van der Waals surface area (Å²) in [5, 5.41) is 19.7. The first kappa shape index (κ1) is 18.9. The second-order valence-electron chi connectivity index (χ2n) is 9.37. The van der Waals surface area contributed by atoms with Crippen molar-refractivity contribution in [1.82, 2.24) is 0 Å². The minimum atomic E-state index is -0.696. The summed E-state index contributed by atoms with van der Waals surface area (Å²) >= 11 is 0. The van der Waals surface area contributed by atoms with Crippen molar-refractivity contribution >= 4 is 5.97 Å². The maximum atomic E-state index is 12.6. The second-order valence-corrected chi connectivity index (χ2v) is 9.37. The Labute approximate surface area is 151 Å². The molecule has 0 aromatic rings. The monoisotopic (exact) mass is 350 g/mol. The molecule has 0 amide bonds. The van der Waals surface area contributed by atoms with Gasteiger partial charge in [-0.2, -0.15) is 0 Å². The molecular formula is C21H34O4. The van der Waals surface area contributed by atoms with E-state index in [1.54, 1.807) is 0 Å². The smallest absolute Gasteiger partial charge is 0.311 e. The highest BCUT2D eigenvalue weighted by molar-refractivity contribution is 5.77. The minimum absolute atomic E-state index is 0.0489. The highest BCUT2D eigenvalue weighted by atomic mass is 16.5. The zero-order valence-corrected chi connectivity index (χ0v) is 16.2. The Bertz CT molecular complexity index is 570. The van der Waals surface area contributed by atoms with Gasteiger partial charge in [-0.25, -0.2) is 0 Å². The third kappa shape index (κ3) is 2.76. The SMILES string of the molecule is COC(=O)[C@]1(C)CCC[C@@]2(C)[C@H]1CCC1=C[C@@](C)([C@H](O)CO)CC[C@@H]12. The Morgan fingerprint density at radius 1 is 1.28 bits per heavy atom. The van der Waals surface area contributed by atoms with Crippen LogP contribution in [0.3, 0.4) is 0 Å². The molecule has 4 nitrogen and oxygen atoms in total. The van der Waals surface area contributed by atoms with Crippen LogP contribution in [0, 0.1) is 28.1 Å². The number of hydrogen-bond donors (Lipinski definition) is 2. The molecule has 0 unspecified atom stereocenters. The molecular weight excluding hydrogens is 316 g/mol. The van der Waals surface area contributed by atoms with Crippen LogP contribution in [-0.4, -0.2) is 36.0 Å². The summed E-state index contributed by atoms with van der Waals surface area (Å²) in [6.07, 6.45) is 8.63. The first-order chi connectivity index (χ1) is 11.7. The van der Waals surface area contributed by atoms with Crippen LogP contribution in [0.4, 0.5) is 0 Å². The van der Waals surface area contributed by atoms with Crippen molar-refractivity contribution in [3.8, 4) is 0 Å². The van der Waals surface area contributed by atoms with E-state index in [1.807, 2.05) is 0 Å². The Morgan fingerprint density at radius 2 is 2.00 bits per heavy atom. The van der Waals surface area contributed by atoms with Gasteiger partial charge >= 0.3 is 5.97 Å². The van der Waals surface area contributed by atoms with Crippen molar-refractivity contribution in [3.05, 3.63) is 11.6 Å². The molecule has 0 aromatic carbocycles. The van der Waals surface area contributed by atoms with Crippen LogP contribution in [-0.2, 0) is 9.53 Å². The van der Waals surface area contributed by atoms with Crippen molar-refractivity contribution in [2.45, 2.75) is 71.8 Å². The summed E-state index contributed by atoms with van der Waals surface area (Å²) in [7, 11) is 1.51.